The van der Waals surface area contributed by atoms with E-state index in [9.17, 15) is 4.79 Å². The molecule has 0 unspecified atom stereocenters. The Morgan fingerprint density at radius 2 is 2.15 bits per heavy atom. The van der Waals surface area contributed by atoms with Crippen molar-refractivity contribution < 1.29 is 9.90 Å². The summed E-state index contributed by atoms with van der Waals surface area (Å²) in [4.78, 5) is 10.9. The van der Waals surface area contributed by atoms with Gasteiger partial charge in [-0.1, -0.05) is 31.2 Å². The van der Waals surface area contributed by atoms with Crippen LogP contribution in [0.5, 0.6) is 0 Å². The lowest BCUT2D eigenvalue weighted by Crippen LogP contribution is -2.16. The number of aliphatic carboxylic acids is 1. The van der Waals surface area contributed by atoms with Gasteiger partial charge >= 0.3 is 5.97 Å². The van der Waals surface area contributed by atoms with E-state index in [-0.39, 0.29) is 11.8 Å². The molecule has 0 saturated heterocycles. The van der Waals surface area contributed by atoms with Crippen LogP contribution in [0.3, 0.4) is 0 Å². The van der Waals surface area contributed by atoms with E-state index in [2.05, 4.69) is 0 Å². The number of carbonyl (C=O) groups is 1. The van der Waals surface area contributed by atoms with E-state index in [1.165, 1.54) is 11.1 Å². The van der Waals surface area contributed by atoms with Crippen molar-refractivity contribution in [1.29, 1.82) is 0 Å². The fraction of sp³-hybridized carbons (Fsp3) is 0.364. The number of hydrogen-bond acceptors (Lipinski definition) is 1. The number of hydrogen-bond donors (Lipinski definition) is 1. The van der Waals surface area contributed by atoms with E-state index < -0.39 is 5.97 Å². The van der Waals surface area contributed by atoms with Gasteiger partial charge in [-0.15, -0.1) is 0 Å². The van der Waals surface area contributed by atoms with Crippen molar-refractivity contribution in [1.82, 2.24) is 0 Å². The third-order valence-corrected chi connectivity index (χ3v) is 2.91. The number of benzene rings is 1. The molecule has 0 aromatic heterocycles. The molecule has 1 aromatic rings. The molecule has 13 heavy (non-hydrogen) atoms. The summed E-state index contributed by atoms with van der Waals surface area (Å²) in [6.07, 6.45) is 0.687. The van der Waals surface area contributed by atoms with Gasteiger partial charge in [0, 0.05) is 0 Å². The van der Waals surface area contributed by atoms with Crippen LogP contribution in [0.15, 0.2) is 24.3 Å². The molecule has 1 aromatic carbocycles. The summed E-state index contributed by atoms with van der Waals surface area (Å²) in [6.45, 7) is 1.99. The highest BCUT2D eigenvalue weighted by Crippen LogP contribution is 2.37. The predicted molar refractivity (Wildman–Crippen MR) is 49.7 cm³/mol. The highest BCUT2D eigenvalue weighted by molar-refractivity contribution is 5.73. The molecule has 1 aliphatic rings. The van der Waals surface area contributed by atoms with Crippen LogP contribution in [-0.4, -0.2) is 11.1 Å². The zero-order chi connectivity index (χ0) is 9.42. The fourth-order valence-corrected chi connectivity index (χ4v) is 2.10. The lowest BCUT2D eigenvalue weighted by molar-refractivity contribution is -0.142. The van der Waals surface area contributed by atoms with Gasteiger partial charge in [0.25, 0.3) is 0 Å². The molecule has 68 valence electrons. The Kier molecular flexibility index (Phi) is 1.83. The Balaban J connectivity index is 2.38. The second kappa shape index (κ2) is 2.87. The van der Waals surface area contributed by atoms with Crippen LogP contribution in [0, 0.1) is 5.92 Å². The van der Waals surface area contributed by atoms with Crippen LogP contribution in [0.1, 0.15) is 24.0 Å². The predicted octanol–water partition coefficient (Wildman–Crippen LogP) is 2.05. The smallest absolute Gasteiger partial charge is 0.307 e. The van der Waals surface area contributed by atoms with Gasteiger partial charge in [0.05, 0.1) is 5.92 Å². The molecule has 0 aliphatic heterocycles. The monoisotopic (exact) mass is 176 g/mol. The first-order chi connectivity index (χ1) is 6.20. The summed E-state index contributed by atoms with van der Waals surface area (Å²) in [7, 11) is 0. The Morgan fingerprint density at radius 1 is 1.46 bits per heavy atom. The van der Waals surface area contributed by atoms with Crippen molar-refractivity contribution in [2.75, 3.05) is 0 Å². The summed E-state index contributed by atoms with van der Waals surface area (Å²) in [5, 5.41) is 8.96. The second-order valence-electron chi connectivity index (χ2n) is 3.64. The van der Waals surface area contributed by atoms with E-state index in [1.807, 2.05) is 31.2 Å². The minimum absolute atomic E-state index is 0.161. The van der Waals surface area contributed by atoms with Crippen molar-refractivity contribution in [2.45, 2.75) is 19.3 Å². The van der Waals surface area contributed by atoms with Crippen molar-refractivity contribution in [3.05, 3.63) is 35.4 Å². The molecule has 2 heteroatoms. The minimum atomic E-state index is -0.677. The molecule has 0 spiro atoms. The SMILES string of the molecule is C[C@H]1c2ccccc2C[C@H]1C(=O)O. The van der Waals surface area contributed by atoms with Crippen LogP contribution in [0.2, 0.25) is 0 Å². The maximum absolute atomic E-state index is 10.9. The lowest BCUT2D eigenvalue weighted by atomic mass is 9.95. The van der Waals surface area contributed by atoms with Gasteiger partial charge in [-0.25, -0.2) is 0 Å². The van der Waals surface area contributed by atoms with Gasteiger partial charge < -0.3 is 5.11 Å². The Bertz CT molecular complexity index is 344. The third kappa shape index (κ3) is 1.22. The molecule has 1 N–H and O–H groups in total. The number of rotatable bonds is 1. The van der Waals surface area contributed by atoms with Gasteiger partial charge in [-0.2, -0.15) is 0 Å². The Morgan fingerprint density at radius 3 is 2.77 bits per heavy atom. The van der Waals surface area contributed by atoms with Gasteiger partial charge in [0.1, 0.15) is 0 Å². The van der Waals surface area contributed by atoms with Crippen molar-refractivity contribution in [3.63, 3.8) is 0 Å². The minimum Gasteiger partial charge on any atom is -0.481 e. The molecule has 0 bridgehead atoms. The van der Waals surface area contributed by atoms with Gasteiger partial charge in [-0.05, 0) is 23.5 Å². The zero-order valence-electron chi connectivity index (χ0n) is 7.53. The van der Waals surface area contributed by atoms with E-state index in [4.69, 9.17) is 5.11 Å². The quantitative estimate of drug-likeness (QED) is 0.711. The molecule has 2 rings (SSSR count). The molecule has 2 nitrogen and oxygen atoms in total. The number of carboxylic acid groups (broad SMARTS) is 1. The topological polar surface area (TPSA) is 37.3 Å². The highest BCUT2D eigenvalue weighted by atomic mass is 16.4. The zero-order valence-corrected chi connectivity index (χ0v) is 7.53. The largest absolute Gasteiger partial charge is 0.481 e. The molecule has 0 heterocycles. The van der Waals surface area contributed by atoms with Crippen LogP contribution in [0.25, 0.3) is 0 Å². The summed E-state index contributed by atoms with van der Waals surface area (Å²) in [5.74, 6) is -0.741. The summed E-state index contributed by atoms with van der Waals surface area (Å²) in [5.41, 5.74) is 2.40. The normalized spacial score (nSPS) is 25.6. The van der Waals surface area contributed by atoms with Crippen LogP contribution in [0.4, 0.5) is 0 Å². The molecule has 1 aliphatic carbocycles. The number of carboxylic acids is 1. The van der Waals surface area contributed by atoms with Crippen molar-refractivity contribution >= 4 is 5.97 Å². The second-order valence-corrected chi connectivity index (χ2v) is 3.64. The van der Waals surface area contributed by atoms with Crippen LogP contribution >= 0.6 is 0 Å². The van der Waals surface area contributed by atoms with Gasteiger partial charge in [0.2, 0.25) is 0 Å². The standard InChI is InChI=1S/C11H12O2/c1-7-9-5-3-2-4-8(9)6-10(7)11(12)13/h2-5,7,10H,6H2,1H3,(H,12,13)/t7-,10+/m0/s1. The first-order valence-electron chi connectivity index (χ1n) is 4.50. The van der Waals surface area contributed by atoms with E-state index in [0.29, 0.717) is 6.42 Å². The maximum Gasteiger partial charge on any atom is 0.307 e. The first kappa shape index (κ1) is 8.30. The third-order valence-electron chi connectivity index (χ3n) is 2.91. The Hall–Kier alpha value is -1.31. The van der Waals surface area contributed by atoms with Crippen molar-refractivity contribution in [2.24, 2.45) is 5.92 Å². The van der Waals surface area contributed by atoms with E-state index >= 15 is 0 Å². The summed E-state index contributed by atoms with van der Waals surface area (Å²) < 4.78 is 0. The first-order valence-corrected chi connectivity index (χ1v) is 4.50. The van der Waals surface area contributed by atoms with E-state index in [1.54, 1.807) is 0 Å². The molecule has 2 atom stereocenters. The molecular formula is C11H12O2. The van der Waals surface area contributed by atoms with E-state index in [0.717, 1.165) is 0 Å². The summed E-state index contributed by atoms with van der Waals surface area (Å²) >= 11 is 0. The Labute approximate surface area is 77.2 Å². The molecule has 0 fully saturated rings. The molecule has 0 amide bonds. The molecular weight excluding hydrogens is 164 g/mol. The fourth-order valence-electron chi connectivity index (χ4n) is 2.10. The van der Waals surface area contributed by atoms with Crippen molar-refractivity contribution in [3.8, 4) is 0 Å². The van der Waals surface area contributed by atoms with Crippen LogP contribution < -0.4 is 0 Å². The lowest BCUT2D eigenvalue weighted by Gasteiger charge is -2.09. The summed E-state index contributed by atoms with van der Waals surface area (Å²) in [6, 6.07) is 7.99. The average molecular weight is 176 g/mol. The number of fused-ring (bicyclic) bond motifs is 1. The van der Waals surface area contributed by atoms with Gasteiger partial charge in [-0.3, -0.25) is 4.79 Å². The maximum atomic E-state index is 10.9. The van der Waals surface area contributed by atoms with Gasteiger partial charge in [0.15, 0.2) is 0 Å². The van der Waals surface area contributed by atoms with Crippen LogP contribution in [-0.2, 0) is 11.2 Å². The molecule has 0 radical (unpaired) electrons. The average Bonchev–Trinajstić information content (AvgIpc) is 2.45. The highest BCUT2D eigenvalue weighted by Gasteiger charge is 2.33. The molecule has 0 saturated carbocycles.